The van der Waals surface area contributed by atoms with Crippen LogP contribution in [0.3, 0.4) is 0 Å². The minimum atomic E-state index is -0.306. The van der Waals surface area contributed by atoms with E-state index in [0.717, 1.165) is 6.54 Å². The van der Waals surface area contributed by atoms with E-state index in [-0.39, 0.29) is 17.5 Å². The van der Waals surface area contributed by atoms with E-state index in [1.165, 1.54) is 6.07 Å². The highest BCUT2D eigenvalue weighted by Gasteiger charge is 2.28. The summed E-state index contributed by atoms with van der Waals surface area (Å²) in [7, 11) is 0. The van der Waals surface area contributed by atoms with Crippen molar-refractivity contribution in [2.75, 3.05) is 13.2 Å². The molecule has 0 saturated carbocycles. The molecule has 0 aliphatic carbocycles. The Balaban J connectivity index is 2.11. The van der Waals surface area contributed by atoms with Crippen LogP contribution >= 0.6 is 0 Å². The second-order valence-corrected chi connectivity index (χ2v) is 4.76. The van der Waals surface area contributed by atoms with Crippen LogP contribution in [0.2, 0.25) is 0 Å². The Morgan fingerprint density at radius 1 is 1.40 bits per heavy atom. The third-order valence-corrected chi connectivity index (χ3v) is 2.59. The minimum Gasteiger partial charge on any atom is -0.358 e. The molecule has 82 valence electrons. The van der Waals surface area contributed by atoms with E-state index >= 15 is 0 Å². The number of ether oxygens (including phenoxy) is 1. The van der Waals surface area contributed by atoms with Crippen molar-refractivity contribution in [1.82, 2.24) is 5.32 Å². The number of halogens is 1. The molecule has 2 nitrogen and oxygen atoms in total. The van der Waals surface area contributed by atoms with Gasteiger partial charge in [0.1, 0.15) is 12.0 Å². The lowest BCUT2D eigenvalue weighted by Gasteiger charge is -2.35. The highest BCUT2D eigenvalue weighted by atomic mass is 19.1. The summed E-state index contributed by atoms with van der Waals surface area (Å²) in [6.45, 7) is 5.74. The van der Waals surface area contributed by atoms with Crippen LogP contribution in [0.4, 0.5) is 4.39 Å². The molecular formula is C12H16FNO. The summed E-state index contributed by atoms with van der Waals surface area (Å²) >= 11 is 0. The normalized spacial score (nSPS) is 25.1. The van der Waals surface area contributed by atoms with Crippen LogP contribution in [0.1, 0.15) is 25.6 Å². The van der Waals surface area contributed by atoms with E-state index in [2.05, 4.69) is 19.2 Å². The smallest absolute Gasteiger partial charge is 0.137 e. The zero-order valence-corrected chi connectivity index (χ0v) is 9.09. The van der Waals surface area contributed by atoms with Crippen molar-refractivity contribution in [3.63, 3.8) is 0 Å². The summed E-state index contributed by atoms with van der Waals surface area (Å²) in [6.07, 6.45) is -0.306. The van der Waals surface area contributed by atoms with E-state index in [1.807, 2.05) is 6.07 Å². The molecule has 1 aromatic carbocycles. The van der Waals surface area contributed by atoms with Gasteiger partial charge in [0.25, 0.3) is 0 Å². The van der Waals surface area contributed by atoms with Crippen LogP contribution in [-0.2, 0) is 4.74 Å². The molecule has 2 rings (SSSR count). The first-order valence-electron chi connectivity index (χ1n) is 5.18. The molecule has 0 amide bonds. The van der Waals surface area contributed by atoms with E-state index < -0.39 is 0 Å². The van der Waals surface area contributed by atoms with Crippen molar-refractivity contribution in [1.29, 1.82) is 0 Å². The fourth-order valence-corrected chi connectivity index (χ4v) is 1.68. The predicted octanol–water partition coefficient (Wildman–Crippen LogP) is 2.47. The van der Waals surface area contributed by atoms with Gasteiger partial charge in [0.2, 0.25) is 0 Å². The average molecular weight is 209 g/mol. The molecular weight excluding hydrogens is 193 g/mol. The molecule has 1 fully saturated rings. The maximum Gasteiger partial charge on any atom is 0.137 e. The van der Waals surface area contributed by atoms with Gasteiger partial charge in [-0.3, -0.25) is 5.32 Å². The fraction of sp³-hybridized carbons (Fsp3) is 0.500. The lowest BCUT2D eigenvalue weighted by atomic mass is 9.93. The van der Waals surface area contributed by atoms with Crippen LogP contribution in [0.15, 0.2) is 24.3 Å². The summed E-state index contributed by atoms with van der Waals surface area (Å²) in [6, 6.07) is 6.72. The first kappa shape index (κ1) is 10.6. The average Bonchev–Trinajstić information content (AvgIpc) is 2.19. The Morgan fingerprint density at radius 2 is 2.13 bits per heavy atom. The molecule has 15 heavy (non-hydrogen) atoms. The topological polar surface area (TPSA) is 21.3 Å². The summed E-state index contributed by atoms with van der Waals surface area (Å²) in [5.74, 6) is -0.213. The van der Waals surface area contributed by atoms with Gasteiger partial charge in [-0.1, -0.05) is 32.0 Å². The predicted molar refractivity (Wildman–Crippen MR) is 56.9 cm³/mol. The molecule has 0 bridgehead atoms. The summed E-state index contributed by atoms with van der Waals surface area (Å²) < 4.78 is 19.1. The van der Waals surface area contributed by atoms with E-state index in [1.54, 1.807) is 12.1 Å². The Morgan fingerprint density at radius 3 is 2.73 bits per heavy atom. The van der Waals surface area contributed by atoms with Gasteiger partial charge in [0.05, 0.1) is 6.61 Å². The van der Waals surface area contributed by atoms with Crippen molar-refractivity contribution >= 4 is 0 Å². The van der Waals surface area contributed by atoms with Gasteiger partial charge in [-0.05, 0) is 6.07 Å². The van der Waals surface area contributed by atoms with Gasteiger partial charge in [-0.2, -0.15) is 0 Å². The number of rotatable bonds is 1. The Labute approximate surface area is 89.4 Å². The van der Waals surface area contributed by atoms with Gasteiger partial charge in [0.15, 0.2) is 0 Å². The lowest BCUT2D eigenvalue weighted by Crippen LogP contribution is -2.43. The van der Waals surface area contributed by atoms with Crippen molar-refractivity contribution < 1.29 is 9.13 Å². The standard InChI is InChI=1S/C12H16FNO/c1-12(2)7-14-11(15-8-12)9-5-3-4-6-10(9)13/h3-6,11,14H,7-8H2,1-2H3. The highest BCUT2D eigenvalue weighted by Crippen LogP contribution is 2.27. The van der Waals surface area contributed by atoms with Crippen molar-refractivity contribution in [3.05, 3.63) is 35.6 Å². The van der Waals surface area contributed by atoms with Crippen molar-refractivity contribution in [3.8, 4) is 0 Å². The zero-order chi connectivity index (χ0) is 10.9. The zero-order valence-electron chi connectivity index (χ0n) is 9.09. The number of benzene rings is 1. The SMILES string of the molecule is CC1(C)CNC(c2ccccc2F)OC1. The number of hydrogen-bond acceptors (Lipinski definition) is 2. The molecule has 0 aromatic heterocycles. The Hall–Kier alpha value is -0.930. The molecule has 1 aromatic rings. The molecule has 1 atom stereocenters. The third kappa shape index (κ3) is 2.36. The van der Waals surface area contributed by atoms with Crippen LogP contribution in [-0.4, -0.2) is 13.2 Å². The van der Waals surface area contributed by atoms with E-state index in [0.29, 0.717) is 12.2 Å². The minimum absolute atomic E-state index is 0.127. The molecule has 1 aliphatic heterocycles. The largest absolute Gasteiger partial charge is 0.358 e. The van der Waals surface area contributed by atoms with Crippen LogP contribution in [0.25, 0.3) is 0 Å². The van der Waals surface area contributed by atoms with Crippen molar-refractivity contribution in [2.24, 2.45) is 5.41 Å². The van der Waals surface area contributed by atoms with Gasteiger partial charge in [-0.25, -0.2) is 4.39 Å². The van der Waals surface area contributed by atoms with Crippen LogP contribution in [0.5, 0.6) is 0 Å². The maximum absolute atomic E-state index is 13.4. The quantitative estimate of drug-likeness (QED) is 0.767. The summed E-state index contributed by atoms with van der Waals surface area (Å²) in [5.41, 5.74) is 0.717. The van der Waals surface area contributed by atoms with E-state index in [9.17, 15) is 4.39 Å². The van der Waals surface area contributed by atoms with Crippen LogP contribution < -0.4 is 5.32 Å². The molecule has 0 radical (unpaired) electrons. The molecule has 1 N–H and O–H groups in total. The Kier molecular flexibility index (Phi) is 2.76. The molecule has 3 heteroatoms. The van der Waals surface area contributed by atoms with Crippen LogP contribution in [0, 0.1) is 11.2 Å². The van der Waals surface area contributed by atoms with Gasteiger partial charge in [0, 0.05) is 17.5 Å². The molecule has 1 saturated heterocycles. The number of nitrogens with one attached hydrogen (secondary N) is 1. The monoisotopic (exact) mass is 209 g/mol. The van der Waals surface area contributed by atoms with Gasteiger partial charge < -0.3 is 4.74 Å². The lowest BCUT2D eigenvalue weighted by molar-refractivity contribution is -0.0609. The number of hydrogen-bond donors (Lipinski definition) is 1. The summed E-state index contributed by atoms with van der Waals surface area (Å²) in [5, 5.41) is 3.20. The molecule has 1 aliphatic rings. The maximum atomic E-state index is 13.4. The molecule has 0 spiro atoms. The second-order valence-electron chi connectivity index (χ2n) is 4.76. The Bertz CT molecular complexity index is 341. The summed E-state index contributed by atoms with van der Waals surface area (Å²) in [4.78, 5) is 0. The van der Waals surface area contributed by atoms with E-state index in [4.69, 9.17) is 4.74 Å². The first-order valence-corrected chi connectivity index (χ1v) is 5.18. The molecule has 1 heterocycles. The molecule has 1 unspecified atom stereocenters. The van der Waals surface area contributed by atoms with Crippen molar-refractivity contribution in [2.45, 2.75) is 20.1 Å². The fourth-order valence-electron chi connectivity index (χ4n) is 1.68. The third-order valence-electron chi connectivity index (χ3n) is 2.59. The second kappa shape index (κ2) is 3.91. The highest BCUT2D eigenvalue weighted by molar-refractivity contribution is 5.20. The van der Waals surface area contributed by atoms with Gasteiger partial charge >= 0.3 is 0 Å². The van der Waals surface area contributed by atoms with Gasteiger partial charge in [-0.15, -0.1) is 0 Å². The first-order chi connectivity index (χ1) is 7.08.